The lowest BCUT2D eigenvalue weighted by atomic mass is 9.83. The van der Waals surface area contributed by atoms with E-state index in [1.54, 1.807) is 0 Å². The van der Waals surface area contributed by atoms with Gasteiger partial charge in [0.15, 0.2) is 5.69 Å². The first-order valence-corrected chi connectivity index (χ1v) is 6.04. The number of anilines is 1. The molecule has 1 aromatic heterocycles. The largest absolute Gasteiger partial charge is 0.478 e. The number of hydrazine groups is 1. The third-order valence-corrected chi connectivity index (χ3v) is 3.12. The molecule has 0 saturated heterocycles. The van der Waals surface area contributed by atoms with Gasteiger partial charge < -0.3 is 4.74 Å². The summed E-state index contributed by atoms with van der Waals surface area (Å²) in [6.45, 7) is 0.350. The maximum atomic E-state index is 12.6. The Labute approximate surface area is 108 Å². The smallest absolute Gasteiger partial charge is 0.433 e. The van der Waals surface area contributed by atoms with Crippen LogP contribution in [0.15, 0.2) is 6.07 Å². The molecule has 0 atom stereocenters. The Hall–Kier alpha value is -1.57. The molecular formula is C11H15F3N4O. The summed E-state index contributed by atoms with van der Waals surface area (Å²) in [5.41, 5.74) is 0.924. The number of rotatable bonds is 5. The van der Waals surface area contributed by atoms with Crippen LogP contribution in [0.2, 0.25) is 0 Å². The molecule has 0 bridgehead atoms. The lowest BCUT2D eigenvalue weighted by Gasteiger charge is -2.24. The van der Waals surface area contributed by atoms with Gasteiger partial charge in [-0.1, -0.05) is 19.3 Å². The summed E-state index contributed by atoms with van der Waals surface area (Å²) in [5, 5.41) is 0. The molecule has 0 amide bonds. The number of hydrogen-bond acceptors (Lipinski definition) is 5. The van der Waals surface area contributed by atoms with E-state index in [0.29, 0.717) is 12.5 Å². The molecule has 19 heavy (non-hydrogen) atoms. The molecule has 1 saturated carbocycles. The number of nitrogens with one attached hydrogen (secondary N) is 1. The van der Waals surface area contributed by atoms with E-state index in [4.69, 9.17) is 10.6 Å². The van der Waals surface area contributed by atoms with Gasteiger partial charge in [-0.3, -0.25) is 5.43 Å². The highest BCUT2D eigenvalue weighted by Gasteiger charge is 2.34. The number of nitrogens with two attached hydrogens (primary N) is 1. The maximum absolute atomic E-state index is 12.6. The van der Waals surface area contributed by atoms with Gasteiger partial charge in [0, 0.05) is 6.07 Å². The molecule has 3 N–H and O–H groups in total. The predicted octanol–water partition coefficient (Wildman–Crippen LogP) is 2.35. The van der Waals surface area contributed by atoms with E-state index in [1.165, 1.54) is 6.42 Å². The zero-order valence-corrected chi connectivity index (χ0v) is 10.2. The van der Waals surface area contributed by atoms with Crippen molar-refractivity contribution in [2.45, 2.75) is 31.9 Å². The Balaban J connectivity index is 2.01. The summed E-state index contributed by atoms with van der Waals surface area (Å²) < 4.78 is 43.0. The zero-order valence-electron chi connectivity index (χ0n) is 10.2. The second-order valence-electron chi connectivity index (χ2n) is 4.49. The van der Waals surface area contributed by atoms with Crippen molar-refractivity contribution >= 4 is 5.95 Å². The fourth-order valence-electron chi connectivity index (χ4n) is 1.82. The van der Waals surface area contributed by atoms with Crippen molar-refractivity contribution in [2.24, 2.45) is 11.8 Å². The topological polar surface area (TPSA) is 73.1 Å². The lowest BCUT2D eigenvalue weighted by Crippen LogP contribution is -2.17. The Morgan fingerprint density at radius 2 is 2.11 bits per heavy atom. The van der Waals surface area contributed by atoms with Crippen LogP contribution in [0.1, 0.15) is 31.4 Å². The standard InChI is InChI=1S/C11H15F3N4O/c12-11(13,14)8-6-9(17-10(16-8)18-15)19-5-4-7-2-1-3-7/h6-7H,1-5,15H2,(H,16,17,18). The fraction of sp³-hybridized carbons (Fsp3) is 0.636. The molecule has 8 heteroatoms. The minimum atomic E-state index is -4.55. The monoisotopic (exact) mass is 276 g/mol. The Morgan fingerprint density at radius 3 is 2.63 bits per heavy atom. The summed E-state index contributed by atoms with van der Waals surface area (Å²) in [4.78, 5) is 6.98. The SMILES string of the molecule is NNc1nc(OCCC2CCC2)cc(C(F)(F)F)n1. The average molecular weight is 276 g/mol. The molecule has 1 aliphatic carbocycles. The van der Waals surface area contributed by atoms with Crippen LogP contribution in [0, 0.1) is 5.92 Å². The van der Waals surface area contributed by atoms with Crippen molar-refractivity contribution in [3.63, 3.8) is 0 Å². The quantitative estimate of drug-likeness (QED) is 0.638. The molecule has 0 radical (unpaired) electrons. The normalized spacial score (nSPS) is 16.0. The molecule has 0 aromatic carbocycles. The van der Waals surface area contributed by atoms with Gasteiger partial charge in [-0.05, 0) is 12.3 Å². The van der Waals surface area contributed by atoms with Gasteiger partial charge in [0.2, 0.25) is 11.8 Å². The molecule has 1 heterocycles. The third-order valence-electron chi connectivity index (χ3n) is 3.12. The highest BCUT2D eigenvalue weighted by Crippen LogP contribution is 2.31. The molecule has 0 spiro atoms. The molecule has 1 aliphatic rings. The van der Waals surface area contributed by atoms with Crippen LogP contribution < -0.4 is 16.0 Å². The van der Waals surface area contributed by atoms with Crippen LogP contribution in [0.5, 0.6) is 5.88 Å². The summed E-state index contributed by atoms with van der Waals surface area (Å²) >= 11 is 0. The van der Waals surface area contributed by atoms with Crippen molar-refractivity contribution in [3.05, 3.63) is 11.8 Å². The Bertz CT molecular complexity index is 434. The molecule has 106 valence electrons. The average Bonchev–Trinajstić information content (AvgIpc) is 2.31. The fourth-order valence-corrected chi connectivity index (χ4v) is 1.82. The molecule has 1 fully saturated rings. The molecule has 0 unspecified atom stereocenters. The van der Waals surface area contributed by atoms with E-state index in [1.807, 2.05) is 5.43 Å². The van der Waals surface area contributed by atoms with E-state index in [9.17, 15) is 13.2 Å². The van der Waals surface area contributed by atoms with Crippen LogP contribution in [0.4, 0.5) is 19.1 Å². The zero-order chi connectivity index (χ0) is 13.9. The number of aromatic nitrogens is 2. The van der Waals surface area contributed by atoms with E-state index < -0.39 is 11.9 Å². The third kappa shape index (κ3) is 3.69. The van der Waals surface area contributed by atoms with E-state index in [2.05, 4.69) is 9.97 Å². The number of nitrogens with zero attached hydrogens (tertiary/aromatic N) is 2. The molecule has 2 rings (SSSR count). The second kappa shape index (κ2) is 5.60. The maximum Gasteiger partial charge on any atom is 0.433 e. The number of nitrogen functional groups attached to an aromatic ring is 1. The Morgan fingerprint density at radius 1 is 1.37 bits per heavy atom. The molecule has 0 aliphatic heterocycles. The first-order valence-electron chi connectivity index (χ1n) is 6.04. The van der Waals surface area contributed by atoms with Gasteiger partial charge in [0.05, 0.1) is 6.61 Å². The lowest BCUT2D eigenvalue weighted by molar-refractivity contribution is -0.141. The minimum absolute atomic E-state index is 0.116. The molecule has 1 aromatic rings. The summed E-state index contributed by atoms with van der Waals surface area (Å²) in [7, 11) is 0. The van der Waals surface area contributed by atoms with Gasteiger partial charge in [-0.15, -0.1) is 0 Å². The Kier molecular flexibility index (Phi) is 4.08. The van der Waals surface area contributed by atoms with Crippen molar-refractivity contribution in [1.29, 1.82) is 0 Å². The summed E-state index contributed by atoms with van der Waals surface area (Å²) in [5.74, 6) is 5.23. The van der Waals surface area contributed by atoms with Gasteiger partial charge >= 0.3 is 6.18 Å². The van der Waals surface area contributed by atoms with Gasteiger partial charge in [0.1, 0.15) is 0 Å². The van der Waals surface area contributed by atoms with Gasteiger partial charge in [-0.25, -0.2) is 10.8 Å². The van der Waals surface area contributed by atoms with E-state index in [-0.39, 0.29) is 11.8 Å². The van der Waals surface area contributed by atoms with Crippen molar-refractivity contribution in [3.8, 4) is 5.88 Å². The highest BCUT2D eigenvalue weighted by molar-refractivity contribution is 5.30. The van der Waals surface area contributed by atoms with Crippen molar-refractivity contribution in [2.75, 3.05) is 12.0 Å². The highest BCUT2D eigenvalue weighted by atomic mass is 19.4. The van der Waals surface area contributed by atoms with E-state index in [0.717, 1.165) is 25.3 Å². The summed E-state index contributed by atoms with van der Waals surface area (Å²) in [6, 6.07) is 0.779. The van der Waals surface area contributed by atoms with Crippen LogP contribution in [0.3, 0.4) is 0 Å². The molecular weight excluding hydrogens is 261 g/mol. The summed E-state index contributed by atoms with van der Waals surface area (Å²) in [6.07, 6.45) is -0.178. The van der Waals surface area contributed by atoms with Gasteiger partial charge in [-0.2, -0.15) is 18.2 Å². The first-order chi connectivity index (χ1) is 8.99. The van der Waals surface area contributed by atoms with E-state index >= 15 is 0 Å². The first kappa shape index (κ1) is 13.9. The van der Waals surface area contributed by atoms with Crippen molar-refractivity contribution < 1.29 is 17.9 Å². The minimum Gasteiger partial charge on any atom is -0.478 e. The second-order valence-corrected chi connectivity index (χ2v) is 4.49. The molecule has 5 nitrogen and oxygen atoms in total. The number of alkyl halides is 3. The number of ether oxygens (including phenoxy) is 1. The van der Waals surface area contributed by atoms with Crippen LogP contribution in [-0.2, 0) is 6.18 Å². The predicted molar refractivity (Wildman–Crippen MR) is 62.3 cm³/mol. The van der Waals surface area contributed by atoms with Crippen LogP contribution in [-0.4, -0.2) is 16.6 Å². The van der Waals surface area contributed by atoms with Crippen molar-refractivity contribution in [1.82, 2.24) is 9.97 Å². The number of halogens is 3. The number of hydrogen-bond donors (Lipinski definition) is 2. The van der Waals surface area contributed by atoms with Crippen LogP contribution in [0.25, 0.3) is 0 Å². The van der Waals surface area contributed by atoms with Gasteiger partial charge in [0.25, 0.3) is 0 Å². The van der Waals surface area contributed by atoms with Crippen LogP contribution >= 0.6 is 0 Å².